The molecule has 4 rings (SSSR count). The molecule has 0 unspecified atom stereocenters. The van der Waals surface area contributed by atoms with Gasteiger partial charge in [-0.2, -0.15) is 0 Å². The van der Waals surface area contributed by atoms with E-state index in [0.29, 0.717) is 49.5 Å². The maximum absolute atomic E-state index is 12.6. The molecule has 0 radical (unpaired) electrons. The fourth-order valence-electron chi connectivity index (χ4n) is 9.90. The average molecular weight is 565 g/mol. The van der Waals surface area contributed by atoms with Crippen molar-refractivity contribution in [1.29, 1.82) is 0 Å². The molecule has 0 bridgehead atoms. The Morgan fingerprint density at radius 1 is 0.900 bits per heavy atom. The first-order valence-corrected chi connectivity index (χ1v) is 15.6. The van der Waals surface area contributed by atoms with Gasteiger partial charge in [0.2, 0.25) is 11.8 Å². The van der Waals surface area contributed by atoms with Crippen LogP contribution >= 0.6 is 0 Å². The molecule has 0 heterocycles. The third kappa shape index (κ3) is 5.93. The Balaban J connectivity index is 1.31. The van der Waals surface area contributed by atoms with Crippen molar-refractivity contribution in [3.8, 4) is 0 Å². The number of aliphatic carboxylic acids is 1. The van der Waals surface area contributed by atoms with Gasteiger partial charge >= 0.3 is 5.97 Å². The van der Waals surface area contributed by atoms with Crippen LogP contribution in [0.2, 0.25) is 0 Å². The van der Waals surface area contributed by atoms with Gasteiger partial charge in [0.25, 0.3) is 0 Å². The monoisotopic (exact) mass is 564 g/mol. The van der Waals surface area contributed by atoms with Crippen LogP contribution in [0.15, 0.2) is 0 Å². The molecule has 4 saturated carbocycles. The van der Waals surface area contributed by atoms with E-state index < -0.39 is 24.2 Å². The number of aliphatic hydroxyl groups is 3. The fourth-order valence-corrected chi connectivity index (χ4v) is 9.90. The molecule has 4 aliphatic rings. The zero-order valence-corrected chi connectivity index (χ0v) is 24.8. The van der Waals surface area contributed by atoms with Crippen LogP contribution in [0.5, 0.6) is 0 Å². The summed E-state index contributed by atoms with van der Waals surface area (Å²) >= 11 is 0. The first-order chi connectivity index (χ1) is 18.8. The highest BCUT2D eigenvalue weighted by Gasteiger charge is 2.65. The summed E-state index contributed by atoms with van der Waals surface area (Å²) in [7, 11) is 0. The van der Waals surface area contributed by atoms with E-state index in [0.717, 1.165) is 44.9 Å². The number of rotatable bonds is 10. The lowest BCUT2D eigenvalue weighted by Crippen LogP contribution is -2.64. The summed E-state index contributed by atoms with van der Waals surface area (Å²) in [5, 5.41) is 47.5. The zero-order valence-electron chi connectivity index (χ0n) is 24.8. The number of carbonyl (C=O) groups is 3. The van der Waals surface area contributed by atoms with Crippen LogP contribution in [0.1, 0.15) is 98.3 Å². The van der Waals surface area contributed by atoms with Crippen molar-refractivity contribution >= 4 is 17.8 Å². The summed E-state index contributed by atoms with van der Waals surface area (Å²) in [6.07, 6.45) is 6.55. The van der Waals surface area contributed by atoms with Gasteiger partial charge in [0.05, 0.1) is 18.3 Å². The molecule has 2 amide bonds. The molecule has 12 atom stereocenters. The highest BCUT2D eigenvalue weighted by Crippen LogP contribution is 2.68. The maximum Gasteiger partial charge on any atom is 0.326 e. The molecule has 0 saturated heterocycles. The van der Waals surface area contributed by atoms with Gasteiger partial charge in [-0.3, -0.25) is 9.59 Å². The van der Waals surface area contributed by atoms with Crippen molar-refractivity contribution in [1.82, 2.24) is 10.6 Å². The molecule has 6 N–H and O–H groups in total. The molecule has 0 aromatic heterocycles. The van der Waals surface area contributed by atoms with E-state index in [4.69, 9.17) is 0 Å². The van der Waals surface area contributed by atoms with Crippen LogP contribution < -0.4 is 10.6 Å². The summed E-state index contributed by atoms with van der Waals surface area (Å²) in [5.74, 6) is 0.0733. The molecule has 9 nitrogen and oxygen atoms in total. The summed E-state index contributed by atoms with van der Waals surface area (Å²) in [4.78, 5) is 35.0. The van der Waals surface area contributed by atoms with E-state index in [2.05, 4.69) is 31.4 Å². The second-order valence-corrected chi connectivity index (χ2v) is 14.1. The van der Waals surface area contributed by atoms with Crippen LogP contribution in [0.4, 0.5) is 0 Å². The molecular formula is C31H52N2O7. The predicted molar refractivity (Wildman–Crippen MR) is 150 cm³/mol. The van der Waals surface area contributed by atoms with E-state index in [1.54, 1.807) is 0 Å². The largest absolute Gasteiger partial charge is 0.480 e. The highest BCUT2D eigenvalue weighted by molar-refractivity contribution is 5.82. The molecule has 4 fully saturated rings. The quantitative estimate of drug-likeness (QED) is 0.223. The average Bonchev–Trinajstić information content (AvgIpc) is 3.25. The standard InChI is InChI=1S/C31H52N2O7/c1-17(7-10-25(36)32-15-5-6-24(29(39)40)33-18(2)34)20-8-9-21-26-22(12-14-30(20,21)3)31(4)13-11-19(35)16-23(31)27(37)28(26)38/h17,19-24,26-28,35,37-38H,5-16H2,1-4H3,(H,32,36)(H,33,34)(H,39,40)/t17-,19-,20-,21+,22+,23+,24+,26+,27+,28+,30-,31-/m1/s1. The number of amides is 2. The third-order valence-electron chi connectivity index (χ3n) is 12.0. The van der Waals surface area contributed by atoms with E-state index in [9.17, 15) is 34.8 Å². The van der Waals surface area contributed by atoms with Crippen molar-refractivity contribution in [2.45, 2.75) is 123 Å². The second-order valence-electron chi connectivity index (χ2n) is 14.1. The number of carboxylic acids is 1. The molecule has 0 aromatic rings. The van der Waals surface area contributed by atoms with E-state index >= 15 is 0 Å². The Bertz CT molecular complexity index is 945. The zero-order chi connectivity index (χ0) is 29.4. The van der Waals surface area contributed by atoms with Gasteiger partial charge in [-0.1, -0.05) is 20.8 Å². The maximum atomic E-state index is 12.6. The molecule has 0 aliphatic heterocycles. The number of fused-ring (bicyclic) bond motifs is 5. The number of carbonyl (C=O) groups excluding carboxylic acids is 2. The molecule has 4 aliphatic carbocycles. The minimum absolute atomic E-state index is 0.0362. The number of hydrogen-bond donors (Lipinski definition) is 6. The lowest BCUT2D eigenvalue weighted by atomic mass is 9.43. The fraction of sp³-hybridized carbons (Fsp3) is 0.903. The molecule has 0 spiro atoms. The van der Waals surface area contributed by atoms with Crippen LogP contribution in [0.25, 0.3) is 0 Å². The van der Waals surface area contributed by atoms with Gasteiger partial charge in [-0.05, 0) is 111 Å². The number of carboxylic acid groups (broad SMARTS) is 1. The van der Waals surface area contributed by atoms with Crippen molar-refractivity contribution in [2.75, 3.05) is 6.54 Å². The van der Waals surface area contributed by atoms with Crippen LogP contribution in [-0.2, 0) is 14.4 Å². The first-order valence-electron chi connectivity index (χ1n) is 15.6. The molecule has 40 heavy (non-hydrogen) atoms. The predicted octanol–water partition coefficient (Wildman–Crippen LogP) is 2.85. The number of nitrogens with one attached hydrogen (secondary N) is 2. The summed E-state index contributed by atoms with van der Waals surface area (Å²) < 4.78 is 0. The van der Waals surface area contributed by atoms with Crippen molar-refractivity contribution in [2.24, 2.45) is 46.3 Å². The van der Waals surface area contributed by atoms with Crippen LogP contribution in [0, 0.1) is 46.3 Å². The summed E-state index contributed by atoms with van der Waals surface area (Å²) in [5.41, 5.74) is 0.0307. The van der Waals surface area contributed by atoms with E-state index in [1.165, 1.54) is 6.92 Å². The van der Waals surface area contributed by atoms with E-state index in [1.807, 2.05) is 0 Å². The van der Waals surface area contributed by atoms with Crippen molar-refractivity contribution < 1.29 is 34.8 Å². The van der Waals surface area contributed by atoms with E-state index in [-0.39, 0.29) is 47.0 Å². The van der Waals surface area contributed by atoms with Crippen LogP contribution in [0.3, 0.4) is 0 Å². The van der Waals surface area contributed by atoms with Gasteiger partial charge in [-0.25, -0.2) is 4.79 Å². The van der Waals surface area contributed by atoms with Gasteiger partial charge < -0.3 is 31.1 Å². The van der Waals surface area contributed by atoms with Crippen molar-refractivity contribution in [3.05, 3.63) is 0 Å². The third-order valence-corrected chi connectivity index (χ3v) is 12.0. The number of aliphatic hydroxyl groups excluding tert-OH is 3. The van der Waals surface area contributed by atoms with Gasteiger partial charge in [0.15, 0.2) is 0 Å². The summed E-state index contributed by atoms with van der Waals surface area (Å²) in [6.45, 7) is 8.59. The topological polar surface area (TPSA) is 156 Å². The molecule has 228 valence electrons. The molecular weight excluding hydrogens is 512 g/mol. The Morgan fingerprint density at radius 2 is 1.57 bits per heavy atom. The Morgan fingerprint density at radius 3 is 2.25 bits per heavy atom. The Labute approximate surface area is 238 Å². The van der Waals surface area contributed by atoms with Gasteiger partial charge in [0.1, 0.15) is 6.04 Å². The number of hydrogen-bond acceptors (Lipinski definition) is 6. The lowest BCUT2D eigenvalue weighted by molar-refractivity contribution is -0.223. The van der Waals surface area contributed by atoms with Gasteiger partial charge in [-0.15, -0.1) is 0 Å². The first kappa shape index (κ1) is 31.2. The summed E-state index contributed by atoms with van der Waals surface area (Å²) in [6, 6.07) is -0.942. The Kier molecular flexibility index (Phi) is 9.57. The van der Waals surface area contributed by atoms with Crippen molar-refractivity contribution in [3.63, 3.8) is 0 Å². The highest BCUT2D eigenvalue weighted by atomic mass is 16.4. The molecule has 0 aromatic carbocycles. The minimum atomic E-state index is -1.07. The normalized spacial score (nSPS) is 42.1. The lowest BCUT2D eigenvalue weighted by Gasteiger charge is -2.63. The second kappa shape index (κ2) is 12.3. The van der Waals surface area contributed by atoms with Crippen LogP contribution in [-0.4, -0.2) is 69.1 Å². The minimum Gasteiger partial charge on any atom is -0.480 e. The SMILES string of the molecule is CC(=O)N[C@@H](CCCNC(=O)CC[C@@H](C)[C@H]1CC[C@H]2[C@@H]3[C@H](O)[C@@H](O)[C@@H]4C[C@H](O)CC[C@]4(C)[C@H]3CC[C@]12C)C(=O)O. The molecule has 9 heteroatoms. The smallest absolute Gasteiger partial charge is 0.326 e. The Hall–Kier alpha value is -1.71. The van der Waals surface area contributed by atoms with Gasteiger partial charge in [0, 0.05) is 19.9 Å².